The minimum atomic E-state index is 0.389. The summed E-state index contributed by atoms with van der Waals surface area (Å²) in [7, 11) is 0. The zero-order chi connectivity index (χ0) is 23.0. The Morgan fingerprint density at radius 1 is 0.970 bits per heavy atom. The zero-order valence-corrected chi connectivity index (χ0v) is 18.8. The van der Waals surface area contributed by atoms with Crippen molar-refractivity contribution in [2.45, 2.75) is 26.9 Å². The van der Waals surface area contributed by atoms with Gasteiger partial charge in [-0.3, -0.25) is 4.98 Å². The minimum absolute atomic E-state index is 0.389. The fraction of sp³-hybridized carbons (Fsp3) is 0.138. The molecule has 162 valence electrons. The Morgan fingerprint density at radius 2 is 1.76 bits per heavy atom. The van der Waals surface area contributed by atoms with E-state index in [1.807, 2.05) is 60.7 Å². The molecular formula is C29H25N3O. The van der Waals surface area contributed by atoms with Gasteiger partial charge in [-0.2, -0.15) is 5.26 Å². The lowest BCUT2D eigenvalue weighted by atomic mass is 9.99. The Kier molecular flexibility index (Phi) is 6.92. The van der Waals surface area contributed by atoms with E-state index in [0.717, 1.165) is 28.8 Å². The van der Waals surface area contributed by atoms with Gasteiger partial charge in [0, 0.05) is 11.9 Å². The zero-order valence-electron chi connectivity index (χ0n) is 18.8. The highest BCUT2D eigenvalue weighted by atomic mass is 16.5. The van der Waals surface area contributed by atoms with E-state index in [4.69, 9.17) is 9.72 Å². The number of aromatic nitrogens is 2. The van der Waals surface area contributed by atoms with Gasteiger partial charge in [0.1, 0.15) is 12.7 Å². The second-order valence-corrected chi connectivity index (χ2v) is 7.77. The summed E-state index contributed by atoms with van der Waals surface area (Å²) in [4.78, 5) is 9.24. The first-order chi connectivity index (χ1) is 16.2. The van der Waals surface area contributed by atoms with E-state index in [2.05, 4.69) is 49.2 Å². The number of hydrogen-bond donors (Lipinski definition) is 0. The van der Waals surface area contributed by atoms with Gasteiger partial charge in [0.15, 0.2) is 0 Å². The highest BCUT2D eigenvalue weighted by molar-refractivity contribution is 5.80. The molecule has 0 aliphatic rings. The molecule has 33 heavy (non-hydrogen) atoms. The molecule has 4 aromatic rings. The molecule has 0 unspecified atom stereocenters. The molecule has 0 N–H and O–H groups in total. The smallest absolute Gasteiger partial charge is 0.223 e. The van der Waals surface area contributed by atoms with E-state index in [-0.39, 0.29) is 0 Å². The van der Waals surface area contributed by atoms with Crippen LogP contribution in [0.1, 0.15) is 40.4 Å². The van der Waals surface area contributed by atoms with Crippen LogP contribution in [0.4, 0.5) is 0 Å². The van der Waals surface area contributed by atoms with E-state index in [1.165, 1.54) is 5.56 Å². The SMILES string of the molecule is CCc1cc(C=Cc2ccc(C)cc2)c(C#N)c(-c2cccnc2OCc2ccccc2)n1. The number of benzene rings is 2. The van der Waals surface area contributed by atoms with Crippen LogP contribution >= 0.6 is 0 Å². The number of nitrogens with zero attached hydrogens (tertiary/aromatic N) is 3. The quantitative estimate of drug-likeness (QED) is 0.329. The molecule has 0 fully saturated rings. The van der Waals surface area contributed by atoms with Crippen molar-refractivity contribution >= 4 is 12.2 Å². The first-order valence-electron chi connectivity index (χ1n) is 11.0. The van der Waals surface area contributed by atoms with Crippen molar-refractivity contribution in [2.75, 3.05) is 0 Å². The standard InChI is InChI=1S/C29H25N3O/c1-3-25-18-24(16-15-22-13-11-21(2)12-14-22)27(19-30)28(32-25)26-10-7-17-31-29(26)33-20-23-8-5-4-6-9-23/h4-18H,3,20H2,1-2H3. The Morgan fingerprint density at radius 3 is 2.48 bits per heavy atom. The third-order valence-electron chi connectivity index (χ3n) is 5.35. The third kappa shape index (κ3) is 5.34. The maximum absolute atomic E-state index is 10.1. The van der Waals surface area contributed by atoms with Gasteiger partial charge in [-0.05, 0) is 48.2 Å². The van der Waals surface area contributed by atoms with Gasteiger partial charge < -0.3 is 4.74 Å². The molecular weight excluding hydrogens is 406 g/mol. The molecule has 4 nitrogen and oxygen atoms in total. The predicted octanol–water partition coefficient (Wildman–Crippen LogP) is 6.64. The van der Waals surface area contributed by atoms with E-state index in [0.29, 0.717) is 29.3 Å². The maximum Gasteiger partial charge on any atom is 0.223 e. The average Bonchev–Trinajstić information content (AvgIpc) is 2.87. The molecule has 0 radical (unpaired) electrons. The van der Waals surface area contributed by atoms with Crippen molar-refractivity contribution in [1.29, 1.82) is 5.26 Å². The van der Waals surface area contributed by atoms with Crippen LogP contribution < -0.4 is 4.74 Å². The van der Waals surface area contributed by atoms with Crippen LogP contribution in [0, 0.1) is 18.3 Å². The van der Waals surface area contributed by atoms with Crippen LogP contribution in [0.5, 0.6) is 5.88 Å². The summed E-state index contributed by atoms with van der Waals surface area (Å²) in [5.74, 6) is 0.465. The number of pyridine rings is 2. The molecule has 0 saturated heterocycles. The van der Waals surface area contributed by atoms with Gasteiger partial charge >= 0.3 is 0 Å². The fourth-order valence-electron chi connectivity index (χ4n) is 3.52. The summed E-state index contributed by atoms with van der Waals surface area (Å²) in [6, 6.07) is 26.3. The molecule has 4 heteroatoms. The Hall–Kier alpha value is -4.23. The number of hydrogen-bond acceptors (Lipinski definition) is 4. The van der Waals surface area contributed by atoms with E-state index in [1.54, 1.807) is 6.20 Å². The van der Waals surface area contributed by atoms with Crippen molar-refractivity contribution in [1.82, 2.24) is 9.97 Å². The molecule has 0 amide bonds. The first kappa shape index (κ1) is 22.0. The van der Waals surface area contributed by atoms with Crippen molar-refractivity contribution < 1.29 is 4.74 Å². The fourth-order valence-corrected chi connectivity index (χ4v) is 3.52. The van der Waals surface area contributed by atoms with Gasteiger partial charge in [0.25, 0.3) is 0 Å². The largest absolute Gasteiger partial charge is 0.472 e. The average molecular weight is 432 g/mol. The van der Waals surface area contributed by atoms with Gasteiger partial charge in [0.05, 0.1) is 16.8 Å². The monoisotopic (exact) mass is 431 g/mol. The number of aryl methyl sites for hydroxylation is 2. The topological polar surface area (TPSA) is 58.8 Å². The Balaban J connectivity index is 1.74. The Bertz CT molecular complexity index is 1300. The molecule has 2 aromatic heterocycles. The second-order valence-electron chi connectivity index (χ2n) is 7.77. The summed E-state index contributed by atoms with van der Waals surface area (Å²) < 4.78 is 6.05. The van der Waals surface area contributed by atoms with Crippen molar-refractivity contribution in [2.24, 2.45) is 0 Å². The number of ether oxygens (including phenoxy) is 1. The number of nitriles is 1. The minimum Gasteiger partial charge on any atom is -0.472 e. The molecule has 0 spiro atoms. The predicted molar refractivity (Wildman–Crippen MR) is 132 cm³/mol. The van der Waals surface area contributed by atoms with Gasteiger partial charge in [-0.1, -0.05) is 79.2 Å². The molecule has 0 aliphatic heterocycles. The highest BCUT2D eigenvalue weighted by Gasteiger charge is 2.17. The van der Waals surface area contributed by atoms with Crippen LogP contribution in [0.2, 0.25) is 0 Å². The molecule has 0 aliphatic carbocycles. The third-order valence-corrected chi connectivity index (χ3v) is 5.35. The number of rotatable bonds is 7. The summed E-state index contributed by atoms with van der Waals surface area (Å²) in [5.41, 5.74) is 6.89. The molecule has 0 bridgehead atoms. The molecule has 2 heterocycles. The van der Waals surface area contributed by atoms with Crippen molar-refractivity contribution in [3.05, 3.63) is 113 Å². The van der Waals surface area contributed by atoms with Crippen LogP contribution in [0.15, 0.2) is 79.0 Å². The van der Waals surface area contributed by atoms with Gasteiger partial charge in [-0.25, -0.2) is 4.98 Å². The van der Waals surface area contributed by atoms with E-state index in [9.17, 15) is 5.26 Å². The lowest BCUT2D eigenvalue weighted by molar-refractivity contribution is 0.295. The van der Waals surface area contributed by atoms with Crippen LogP contribution in [-0.4, -0.2) is 9.97 Å². The molecule has 0 saturated carbocycles. The summed E-state index contributed by atoms with van der Waals surface area (Å²) in [6.07, 6.45) is 6.45. The lowest BCUT2D eigenvalue weighted by Gasteiger charge is -2.13. The van der Waals surface area contributed by atoms with Gasteiger partial charge in [-0.15, -0.1) is 0 Å². The summed E-state index contributed by atoms with van der Waals surface area (Å²) in [6.45, 7) is 4.51. The summed E-state index contributed by atoms with van der Waals surface area (Å²) in [5, 5.41) is 10.1. The molecule has 4 rings (SSSR count). The summed E-state index contributed by atoms with van der Waals surface area (Å²) >= 11 is 0. The Labute approximate surface area is 194 Å². The lowest BCUT2D eigenvalue weighted by Crippen LogP contribution is -2.03. The molecule has 2 aromatic carbocycles. The van der Waals surface area contributed by atoms with Crippen LogP contribution in [-0.2, 0) is 13.0 Å². The second kappa shape index (κ2) is 10.4. The highest BCUT2D eigenvalue weighted by Crippen LogP contribution is 2.32. The first-order valence-corrected chi connectivity index (χ1v) is 11.0. The van der Waals surface area contributed by atoms with E-state index >= 15 is 0 Å². The van der Waals surface area contributed by atoms with Crippen LogP contribution in [0.25, 0.3) is 23.4 Å². The normalized spacial score (nSPS) is 10.8. The van der Waals surface area contributed by atoms with Gasteiger partial charge in [0.2, 0.25) is 5.88 Å². The maximum atomic E-state index is 10.1. The van der Waals surface area contributed by atoms with Crippen molar-refractivity contribution in [3.8, 4) is 23.2 Å². The van der Waals surface area contributed by atoms with Crippen LogP contribution in [0.3, 0.4) is 0 Å². The molecule has 0 atom stereocenters. The van der Waals surface area contributed by atoms with E-state index < -0.39 is 0 Å². The van der Waals surface area contributed by atoms with Crippen molar-refractivity contribution in [3.63, 3.8) is 0 Å².